The first-order valence-corrected chi connectivity index (χ1v) is 7.95. The van der Waals surface area contributed by atoms with Crippen LogP contribution in [0.4, 0.5) is 8.78 Å². The van der Waals surface area contributed by atoms with Crippen molar-refractivity contribution in [1.82, 2.24) is 0 Å². The highest BCUT2D eigenvalue weighted by Gasteiger charge is 2.16. The van der Waals surface area contributed by atoms with E-state index in [9.17, 15) is 8.78 Å². The third-order valence-electron chi connectivity index (χ3n) is 3.18. The van der Waals surface area contributed by atoms with E-state index >= 15 is 0 Å². The van der Waals surface area contributed by atoms with Crippen LogP contribution in [0, 0.1) is 11.6 Å². The van der Waals surface area contributed by atoms with Gasteiger partial charge in [-0.25, -0.2) is 8.78 Å². The molecule has 0 unspecified atom stereocenters. The molecule has 0 fully saturated rings. The Bertz CT molecular complexity index is 687. The lowest BCUT2D eigenvalue weighted by Crippen LogP contribution is -1.93. The Hall–Kier alpha value is -2.13. The lowest BCUT2D eigenvalue weighted by atomic mass is 10.3. The number of thiol groups is 1. The summed E-state index contributed by atoms with van der Waals surface area (Å²) in [4.78, 5) is 2.42. The molecule has 3 heteroatoms. The van der Waals surface area contributed by atoms with E-state index in [4.69, 9.17) is 0 Å². The van der Waals surface area contributed by atoms with Gasteiger partial charge in [0.25, 0.3) is 0 Å². The average molecular weight is 300 g/mol. The highest BCUT2D eigenvalue weighted by Crippen LogP contribution is 2.52. The molecule has 0 aliphatic rings. The van der Waals surface area contributed by atoms with E-state index in [1.807, 2.05) is 60.7 Å². The minimum absolute atomic E-state index is 0.366. The van der Waals surface area contributed by atoms with Gasteiger partial charge in [-0.05, 0) is 52.3 Å². The number of hydrogen-bond acceptors (Lipinski definition) is 0. The van der Waals surface area contributed by atoms with Gasteiger partial charge in [-0.1, -0.05) is 36.4 Å². The second kappa shape index (κ2) is 6.10. The SMILES string of the molecule is Fc1ccc(F)c([SH](c2ccccc2)c2ccccc2)c1. The van der Waals surface area contributed by atoms with Gasteiger partial charge in [-0.2, -0.15) is 10.9 Å². The van der Waals surface area contributed by atoms with E-state index in [0.29, 0.717) is 4.90 Å². The van der Waals surface area contributed by atoms with Gasteiger partial charge in [0.2, 0.25) is 0 Å². The Balaban J connectivity index is 2.20. The molecule has 21 heavy (non-hydrogen) atoms. The van der Waals surface area contributed by atoms with Crippen molar-refractivity contribution >= 4 is 10.9 Å². The molecular formula is C18H14F2S. The van der Waals surface area contributed by atoms with Crippen LogP contribution >= 0.6 is 10.9 Å². The first-order chi connectivity index (χ1) is 10.3. The molecule has 0 spiro atoms. The van der Waals surface area contributed by atoms with Crippen LogP contribution in [-0.4, -0.2) is 0 Å². The molecule has 0 saturated carbocycles. The number of benzene rings is 3. The average Bonchev–Trinajstić information content (AvgIpc) is 2.53. The molecule has 3 aromatic carbocycles. The van der Waals surface area contributed by atoms with Crippen LogP contribution in [0.5, 0.6) is 0 Å². The van der Waals surface area contributed by atoms with Crippen LogP contribution in [0.1, 0.15) is 0 Å². The van der Waals surface area contributed by atoms with E-state index in [1.165, 1.54) is 12.1 Å². The van der Waals surface area contributed by atoms with Crippen LogP contribution in [-0.2, 0) is 0 Å². The van der Waals surface area contributed by atoms with E-state index in [1.54, 1.807) is 0 Å². The van der Waals surface area contributed by atoms with Gasteiger partial charge in [0.15, 0.2) is 0 Å². The monoisotopic (exact) mass is 300 g/mol. The predicted molar refractivity (Wildman–Crippen MR) is 83.0 cm³/mol. The summed E-state index contributed by atoms with van der Waals surface area (Å²) >= 11 is 0. The lowest BCUT2D eigenvalue weighted by Gasteiger charge is -2.23. The van der Waals surface area contributed by atoms with Crippen LogP contribution < -0.4 is 0 Å². The van der Waals surface area contributed by atoms with Crippen LogP contribution in [0.2, 0.25) is 0 Å². The van der Waals surface area contributed by atoms with E-state index < -0.39 is 16.7 Å². The molecule has 0 radical (unpaired) electrons. The summed E-state index contributed by atoms with van der Waals surface area (Å²) in [5.41, 5.74) is 0. The number of halogens is 2. The zero-order chi connectivity index (χ0) is 14.7. The van der Waals surface area contributed by atoms with Crippen LogP contribution in [0.25, 0.3) is 0 Å². The summed E-state index contributed by atoms with van der Waals surface area (Å²) in [5.74, 6) is -0.777. The first kappa shape index (κ1) is 13.8. The zero-order valence-corrected chi connectivity index (χ0v) is 12.1. The molecule has 3 rings (SSSR count). The normalized spacial score (nSPS) is 11.2. The fourth-order valence-corrected chi connectivity index (χ4v) is 4.57. The topological polar surface area (TPSA) is 0 Å². The van der Waals surface area contributed by atoms with Crippen molar-refractivity contribution in [3.63, 3.8) is 0 Å². The van der Waals surface area contributed by atoms with Crippen molar-refractivity contribution in [1.29, 1.82) is 0 Å². The molecule has 0 bridgehead atoms. The van der Waals surface area contributed by atoms with Crippen molar-refractivity contribution < 1.29 is 8.78 Å². The molecule has 3 aromatic rings. The van der Waals surface area contributed by atoms with E-state index in [0.717, 1.165) is 15.9 Å². The minimum atomic E-state index is -1.10. The molecular weight excluding hydrogens is 286 g/mol. The molecule has 0 aliphatic carbocycles. The van der Waals surface area contributed by atoms with Crippen molar-refractivity contribution in [2.75, 3.05) is 0 Å². The molecule has 106 valence electrons. The smallest absolute Gasteiger partial charge is 0.135 e. The number of hydrogen-bond donors (Lipinski definition) is 1. The molecule has 0 atom stereocenters. The quantitative estimate of drug-likeness (QED) is 0.611. The number of rotatable bonds is 3. The Kier molecular flexibility index (Phi) is 4.02. The van der Waals surface area contributed by atoms with Crippen LogP contribution in [0.15, 0.2) is 93.5 Å². The molecule has 0 amide bonds. The van der Waals surface area contributed by atoms with Crippen molar-refractivity contribution in [3.8, 4) is 0 Å². The lowest BCUT2D eigenvalue weighted by molar-refractivity contribution is 0.576. The van der Waals surface area contributed by atoms with Crippen molar-refractivity contribution in [3.05, 3.63) is 90.5 Å². The fourth-order valence-electron chi connectivity index (χ4n) is 2.24. The van der Waals surface area contributed by atoms with E-state index in [-0.39, 0.29) is 5.82 Å². The highest BCUT2D eigenvalue weighted by molar-refractivity contribution is 8.17. The first-order valence-electron chi connectivity index (χ1n) is 6.61. The largest absolute Gasteiger partial charge is 0.207 e. The molecule has 0 N–H and O–H groups in total. The van der Waals surface area contributed by atoms with Crippen molar-refractivity contribution in [2.24, 2.45) is 0 Å². The predicted octanol–water partition coefficient (Wildman–Crippen LogP) is 5.44. The Morgan fingerprint density at radius 2 is 1.14 bits per heavy atom. The molecule has 0 nitrogen and oxygen atoms in total. The van der Waals surface area contributed by atoms with Gasteiger partial charge in [0.1, 0.15) is 11.6 Å². The van der Waals surface area contributed by atoms with Gasteiger partial charge >= 0.3 is 0 Å². The zero-order valence-electron chi connectivity index (χ0n) is 11.2. The maximum atomic E-state index is 14.2. The van der Waals surface area contributed by atoms with Gasteiger partial charge in [0, 0.05) is 4.90 Å². The third-order valence-corrected chi connectivity index (χ3v) is 5.63. The summed E-state index contributed by atoms with van der Waals surface area (Å²) < 4.78 is 27.8. The summed E-state index contributed by atoms with van der Waals surface area (Å²) in [6.07, 6.45) is 0. The second-order valence-corrected chi connectivity index (χ2v) is 6.79. The minimum Gasteiger partial charge on any atom is -0.207 e. The summed E-state index contributed by atoms with van der Waals surface area (Å²) in [6, 6.07) is 23.0. The fraction of sp³-hybridized carbons (Fsp3) is 0. The molecule has 0 aliphatic heterocycles. The van der Waals surface area contributed by atoms with Gasteiger partial charge < -0.3 is 0 Å². The summed E-state index contributed by atoms with van der Waals surface area (Å²) in [6.45, 7) is 0. The second-order valence-electron chi connectivity index (χ2n) is 4.60. The van der Waals surface area contributed by atoms with Gasteiger partial charge in [0.05, 0.1) is 0 Å². The molecule has 0 aromatic heterocycles. The van der Waals surface area contributed by atoms with Gasteiger partial charge in [-0.15, -0.1) is 0 Å². The van der Waals surface area contributed by atoms with Crippen LogP contribution in [0.3, 0.4) is 0 Å². The van der Waals surface area contributed by atoms with Crippen molar-refractivity contribution in [2.45, 2.75) is 14.7 Å². The molecule has 0 saturated heterocycles. The Morgan fingerprint density at radius 3 is 1.67 bits per heavy atom. The summed E-state index contributed by atoms with van der Waals surface area (Å²) in [5, 5.41) is 0. The van der Waals surface area contributed by atoms with E-state index in [2.05, 4.69) is 0 Å². The Labute approximate surface area is 125 Å². The van der Waals surface area contributed by atoms with Gasteiger partial charge in [-0.3, -0.25) is 0 Å². The molecule has 0 heterocycles. The Morgan fingerprint density at radius 1 is 0.619 bits per heavy atom. The maximum absolute atomic E-state index is 14.2. The standard InChI is InChI=1S/C18H14F2S/c19-14-11-12-17(20)18(13-14)21(15-7-3-1-4-8-15)16-9-5-2-6-10-16/h1-13,21H. The maximum Gasteiger partial charge on any atom is 0.135 e. The third kappa shape index (κ3) is 2.98. The summed E-state index contributed by atoms with van der Waals surface area (Å²) in [7, 11) is -1.10. The highest BCUT2D eigenvalue weighted by atomic mass is 32.2.